The number of hydrogen-bond donors (Lipinski definition) is 0. The number of benzene rings is 1. The number of alkyl halides is 1. The molecule has 2 heterocycles. The third kappa shape index (κ3) is 2.79. The second-order valence-electron chi connectivity index (χ2n) is 5.43. The Balaban J connectivity index is 2.14. The molecular weight excluding hydrogens is 282 g/mol. The molecule has 1 unspecified atom stereocenters. The molecule has 2 aromatic heterocycles. The second kappa shape index (κ2) is 5.49. The van der Waals surface area contributed by atoms with Crippen LogP contribution in [-0.2, 0) is 6.54 Å². The predicted octanol–water partition coefficient (Wildman–Crippen LogP) is 4.40. The van der Waals surface area contributed by atoms with Gasteiger partial charge in [0, 0.05) is 5.69 Å². The van der Waals surface area contributed by atoms with Crippen molar-refractivity contribution in [1.29, 1.82) is 0 Å². The second-order valence-corrected chi connectivity index (χ2v) is 6.09. The van der Waals surface area contributed by atoms with Crippen LogP contribution in [0.3, 0.4) is 0 Å². The number of imidazole rings is 1. The molecule has 1 aromatic carbocycles. The number of pyridine rings is 1. The quantitative estimate of drug-likeness (QED) is 0.671. The first-order valence-corrected chi connectivity index (χ1v) is 7.51. The first kappa shape index (κ1) is 14.1. The van der Waals surface area contributed by atoms with Crippen LogP contribution in [0.5, 0.6) is 0 Å². The number of rotatable bonds is 3. The first-order chi connectivity index (χ1) is 10.0. The van der Waals surface area contributed by atoms with E-state index in [0.717, 1.165) is 28.2 Å². The van der Waals surface area contributed by atoms with E-state index in [9.17, 15) is 0 Å². The first-order valence-electron chi connectivity index (χ1n) is 7.08. The van der Waals surface area contributed by atoms with Gasteiger partial charge >= 0.3 is 0 Å². The van der Waals surface area contributed by atoms with Crippen LogP contribution in [-0.4, -0.2) is 14.5 Å². The monoisotopic (exact) mass is 299 g/mol. The molecule has 0 fully saturated rings. The van der Waals surface area contributed by atoms with Gasteiger partial charge in [0.1, 0.15) is 5.82 Å². The van der Waals surface area contributed by atoms with Crippen molar-refractivity contribution in [2.75, 3.05) is 0 Å². The Morgan fingerprint density at radius 1 is 1.14 bits per heavy atom. The summed E-state index contributed by atoms with van der Waals surface area (Å²) in [5, 5.41) is -0.137. The lowest BCUT2D eigenvalue weighted by atomic mass is 10.2. The van der Waals surface area contributed by atoms with Gasteiger partial charge in [-0.25, -0.2) is 4.98 Å². The molecule has 21 heavy (non-hydrogen) atoms. The van der Waals surface area contributed by atoms with Crippen LogP contribution in [0.1, 0.15) is 35.1 Å². The summed E-state index contributed by atoms with van der Waals surface area (Å²) in [5.74, 6) is 0.889. The van der Waals surface area contributed by atoms with Gasteiger partial charge in [-0.3, -0.25) is 4.98 Å². The van der Waals surface area contributed by atoms with Gasteiger partial charge in [-0.15, -0.1) is 11.6 Å². The van der Waals surface area contributed by atoms with Crippen LogP contribution in [0.25, 0.3) is 11.0 Å². The van der Waals surface area contributed by atoms with Crippen LogP contribution < -0.4 is 0 Å². The van der Waals surface area contributed by atoms with Gasteiger partial charge in [0.05, 0.1) is 28.6 Å². The smallest absolute Gasteiger partial charge is 0.128 e. The minimum atomic E-state index is -0.137. The number of hydrogen-bond acceptors (Lipinski definition) is 2. The highest BCUT2D eigenvalue weighted by molar-refractivity contribution is 6.20. The van der Waals surface area contributed by atoms with Crippen LogP contribution in [0.15, 0.2) is 36.4 Å². The number of fused-ring (bicyclic) bond motifs is 1. The third-order valence-electron chi connectivity index (χ3n) is 3.56. The molecule has 0 aliphatic heterocycles. The molecule has 108 valence electrons. The van der Waals surface area contributed by atoms with Gasteiger partial charge in [-0.1, -0.05) is 12.1 Å². The molecule has 3 nitrogen and oxygen atoms in total. The topological polar surface area (TPSA) is 30.7 Å². The minimum absolute atomic E-state index is 0.137. The zero-order valence-corrected chi connectivity index (χ0v) is 13.2. The maximum Gasteiger partial charge on any atom is 0.128 e. The van der Waals surface area contributed by atoms with E-state index >= 15 is 0 Å². The molecule has 0 bridgehead atoms. The number of nitrogens with zero attached hydrogens (tertiary/aromatic N) is 3. The van der Waals surface area contributed by atoms with Crippen molar-refractivity contribution < 1.29 is 0 Å². The molecule has 4 heteroatoms. The summed E-state index contributed by atoms with van der Waals surface area (Å²) in [7, 11) is 0. The van der Waals surface area contributed by atoms with Crippen molar-refractivity contribution in [2.45, 2.75) is 32.7 Å². The summed E-state index contributed by atoms with van der Waals surface area (Å²) in [6.07, 6.45) is 0. The van der Waals surface area contributed by atoms with Crippen LogP contribution >= 0.6 is 11.6 Å². The minimum Gasteiger partial charge on any atom is -0.321 e. The normalized spacial score (nSPS) is 12.8. The van der Waals surface area contributed by atoms with Crippen LogP contribution in [0, 0.1) is 13.8 Å². The molecule has 3 aromatic rings. The zero-order chi connectivity index (χ0) is 15.0. The number of aromatic nitrogens is 3. The Kier molecular flexibility index (Phi) is 3.68. The van der Waals surface area contributed by atoms with E-state index < -0.39 is 0 Å². The standard InChI is InChI=1S/C17H18ClN3/c1-11-7-8-15-16(9-11)21(17(20-15)13(3)18)10-14-6-4-5-12(2)19-14/h4-9,13H,10H2,1-3H3. The molecule has 1 atom stereocenters. The van der Waals surface area contributed by atoms with Gasteiger partial charge in [0.15, 0.2) is 0 Å². The molecular formula is C17H18ClN3. The van der Waals surface area contributed by atoms with Gasteiger partial charge in [0.25, 0.3) is 0 Å². The van der Waals surface area contributed by atoms with Crippen molar-refractivity contribution >= 4 is 22.6 Å². The highest BCUT2D eigenvalue weighted by Crippen LogP contribution is 2.26. The maximum atomic E-state index is 6.31. The number of aryl methyl sites for hydroxylation is 2. The van der Waals surface area contributed by atoms with Crippen molar-refractivity contribution in [3.05, 3.63) is 59.2 Å². The SMILES string of the molecule is Cc1ccc2nc(C(C)Cl)n(Cc3cccc(C)n3)c2c1. The lowest BCUT2D eigenvalue weighted by Crippen LogP contribution is -2.07. The van der Waals surface area contributed by atoms with E-state index in [0.29, 0.717) is 6.54 Å². The lowest BCUT2D eigenvalue weighted by Gasteiger charge is -2.10. The van der Waals surface area contributed by atoms with E-state index in [1.807, 2.05) is 38.1 Å². The van der Waals surface area contributed by atoms with Crippen molar-refractivity contribution in [3.8, 4) is 0 Å². The van der Waals surface area contributed by atoms with Crippen LogP contribution in [0.2, 0.25) is 0 Å². The summed E-state index contributed by atoms with van der Waals surface area (Å²) in [6.45, 7) is 6.74. The molecule has 3 rings (SSSR count). The Morgan fingerprint density at radius 2 is 1.95 bits per heavy atom. The average molecular weight is 300 g/mol. The summed E-state index contributed by atoms with van der Waals surface area (Å²) in [5.41, 5.74) is 5.36. The Labute approximate surface area is 129 Å². The molecule has 0 saturated carbocycles. The zero-order valence-electron chi connectivity index (χ0n) is 12.5. The van der Waals surface area contributed by atoms with Gasteiger partial charge < -0.3 is 4.57 Å². The predicted molar refractivity (Wildman–Crippen MR) is 86.8 cm³/mol. The molecule has 0 spiro atoms. The Hall–Kier alpha value is -1.87. The van der Waals surface area contributed by atoms with Crippen LogP contribution in [0.4, 0.5) is 0 Å². The Bertz CT molecular complexity index is 790. The largest absolute Gasteiger partial charge is 0.321 e. The molecule has 0 aliphatic rings. The average Bonchev–Trinajstić information content (AvgIpc) is 2.77. The Morgan fingerprint density at radius 3 is 2.67 bits per heavy atom. The summed E-state index contributed by atoms with van der Waals surface area (Å²) in [6, 6.07) is 12.4. The van der Waals surface area contributed by atoms with E-state index in [4.69, 9.17) is 11.6 Å². The van der Waals surface area contributed by atoms with Crippen molar-refractivity contribution in [3.63, 3.8) is 0 Å². The van der Waals surface area contributed by atoms with E-state index in [-0.39, 0.29) is 5.38 Å². The third-order valence-corrected chi connectivity index (χ3v) is 3.75. The highest BCUT2D eigenvalue weighted by atomic mass is 35.5. The lowest BCUT2D eigenvalue weighted by molar-refractivity contribution is 0.725. The van der Waals surface area contributed by atoms with E-state index in [1.54, 1.807) is 0 Å². The molecule has 0 radical (unpaired) electrons. The molecule has 0 saturated heterocycles. The van der Waals surface area contributed by atoms with Gasteiger partial charge in [0.2, 0.25) is 0 Å². The highest BCUT2D eigenvalue weighted by Gasteiger charge is 2.15. The number of halogens is 1. The summed E-state index contributed by atoms with van der Waals surface area (Å²) in [4.78, 5) is 9.26. The summed E-state index contributed by atoms with van der Waals surface area (Å²) >= 11 is 6.31. The van der Waals surface area contributed by atoms with E-state index in [2.05, 4.69) is 33.6 Å². The fourth-order valence-electron chi connectivity index (χ4n) is 2.57. The van der Waals surface area contributed by atoms with Gasteiger partial charge in [-0.05, 0) is 50.6 Å². The molecule has 0 N–H and O–H groups in total. The molecule has 0 aliphatic carbocycles. The fraction of sp³-hybridized carbons (Fsp3) is 0.294. The maximum absolute atomic E-state index is 6.31. The van der Waals surface area contributed by atoms with Crippen molar-refractivity contribution in [2.24, 2.45) is 0 Å². The van der Waals surface area contributed by atoms with Crippen molar-refractivity contribution in [1.82, 2.24) is 14.5 Å². The van der Waals surface area contributed by atoms with Gasteiger partial charge in [-0.2, -0.15) is 0 Å². The van der Waals surface area contributed by atoms with E-state index in [1.165, 1.54) is 5.56 Å². The summed E-state index contributed by atoms with van der Waals surface area (Å²) < 4.78 is 2.17. The molecule has 0 amide bonds. The fourth-order valence-corrected chi connectivity index (χ4v) is 2.74.